The number of hydrogen-bond donors (Lipinski definition) is 0. The average Bonchev–Trinajstić information content (AvgIpc) is 1.89. The molecule has 0 aromatic carbocycles. The van der Waals surface area contributed by atoms with Crippen LogP contribution in [0, 0.1) is 0 Å². The van der Waals surface area contributed by atoms with Crippen LogP contribution in [0.3, 0.4) is 0 Å². The van der Waals surface area contributed by atoms with E-state index in [0.29, 0.717) is 0 Å². The van der Waals surface area contributed by atoms with Crippen molar-refractivity contribution in [1.82, 2.24) is 0 Å². The van der Waals surface area contributed by atoms with Crippen molar-refractivity contribution < 1.29 is 0 Å². The second-order valence-corrected chi connectivity index (χ2v) is 1.73. The molecule has 0 aliphatic heterocycles. The van der Waals surface area contributed by atoms with Gasteiger partial charge in [-0.3, -0.25) is 4.99 Å². The Labute approximate surface area is 56.8 Å². The standard InChI is InChI=1S/C8H13N/c1-4-6-7-9-8(3)5-2/h4-7H,1-3H3/b6-4-,8-5?,9-7?. The minimum absolute atomic E-state index is 1.05. The Morgan fingerprint density at radius 2 is 2.00 bits per heavy atom. The normalized spacial score (nSPS) is 13.9. The number of hydrogen-bond acceptors (Lipinski definition) is 1. The minimum Gasteiger partial charge on any atom is -0.262 e. The molecule has 0 spiro atoms. The Bertz CT molecular complexity index is 141. The number of nitrogens with zero attached hydrogens (tertiary/aromatic N) is 1. The van der Waals surface area contributed by atoms with Crippen LogP contribution in [0.25, 0.3) is 0 Å². The van der Waals surface area contributed by atoms with Crippen LogP contribution in [0.5, 0.6) is 0 Å². The monoisotopic (exact) mass is 123 g/mol. The molecule has 0 aromatic rings. The Morgan fingerprint density at radius 1 is 1.33 bits per heavy atom. The molecule has 0 radical (unpaired) electrons. The predicted molar refractivity (Wildman–Crippen MR) is 42.7 cm³/mol. The van der Waals surface area contributed by atoms with Crippen LogP contribution < -0.4 is 0 Å². The second-order valence-electron chi connectivity index (χ2n) is 1.73. The fraction of sp³-hybridized carbons (Fsp3) is 0.375. The highest BCUT2D eigenvalue weighted by atomic mass is 14.7. The molecule has 50 valence electrons. The van der Waals surface area contributed by atoms with Crippen LogP contribution in [-0.4, -0.2) is 6.21 Å². The van der Waals surface area contributed by atoms with E-state index >= 15 is 0 Å². The van der Waals surface area contributed by atoms with Gasteiger partial charge >= 0.3 is 0 Å². The van der Waals surface area contributed by atoms with Gasteiger partial charge in [0.05, 0.1) is 0 Å². The molecule has 0 saturated heterocycles. The van der Waals surface area contributed by atoms with Gasteiger partial charge in [-0.15, -0.1) is 0 Å². The zero-order valence-corrected chi connectivity index (χ0v) is 6.26. The maximum absolute atomic E-state index is 4.08. The lowest BCUT2D eigenvalue weighted by molar-refractivity contribution is 1.30. The van der Waals surface area contributed by atoms with Crippen molar-refractivity contribution in [1.29, 1.82) is 0 Å². The topological polar surface area (TPSA) is 12.4 Å². The first kappa shape index (κ1) is 8.15. The highest BCUT2D eigenvalue weighted by molar-refractivity contribution is 5.71. The van der Waals surface area contributed by atoms with Gasteiger partial charge in [-0.2, -0.15) is 0 Å². The maximum atomic E-state index is 4.08. The lowest BCUT2D eigenvalue weighted by Gasteiger charge is -1.83. The molecule has 9 heavy (non-hydrogen) atoms. The lowest BCUT2D eigenvalue weighted by atomic mass is 10.5. The summed E-state index contributed by atoms with van der Waals surface area (Å²) in [6.07, 6.45) is 7.62. The SMILES string of the molecule is CC=C(C)N=C/C=C\C. The summed E-state index contributed by atoms with van der Waals surface area (Å²) < 4.78 is 0. The second kappa shape index (κ2) is 5.29. The van der Waals surface area contributed by atoms with E-state index in [2.05, 4.69) is 4.99 Å². The Balaban J connectivity index is 3.71. The Kier molecular flexibility index (Phi) is 4.79. The Morgan fingerprint density at radius 3 is 2.44 bits per heavy atom. The highest BCUT2D eigenvalue weighted by Gasteiger charge is 1.72. The zero-order chi connectivity index (χ0) is 7.11. The van der Waals surface area contributed by atoms with Gasteiger partial charge in [0.2, 0.25) is 0 Å². The quantitative estimate of drug-likeness (QED) is 0.500. The average molecular weight is 123 g/mol. The van der Waals surface area contributed by atoms with Gasteiger partial charge in [0.15, 0.2) is 0 Å². The summed E-state index contributed by atoms with van der Waals surface area (Å²) >= 11 is 0. The van der Waals surface area contributed by atoms with Crippen molar-refractivity contribution in [3.8, 4) is 0 Å². The fourth-order valence-corrected chi connectivity index (χ4v) is 0.321. The first-order chi connectivity index (χ1) is 4.31. The van der Waals surface area contributed by atoms with Gasteiger partial charge in [-0.1, -0.05) is 12.2 Å². The highest BCUT2D eigenvalue weighted by Crippen LogP contribution is 1.90. The van der Waals surface area contributed by atoms with Gasteiger partial charge in [0.25, 0.3) is 0 Å². The molecule has 0 atom stereocenters. The van der Waals surface area contributed by atoms with Crippen molar-refractivity contribution in [2.24, 2.45) is 4.99 Å². The predicted octanol–water partition coefficient (Wildman–Crippen LogP) is 2.56. The molecule has 0 saturated carbocycles. The van der Waals surface area contributed by atoms with Gasteiger partial charge in [0.1, 0.15) is 0 Å². The molecule has 0 rings (SSSR count). The summed E-state index contributed by atoms with van der Waals surface area (Å²) in [5.41, 5.74) is 1.05. The lowest BCUT2D eigenvalue weighted by Crippen LogP contribution is -1.67. The van der Waals surface area contributed by atoms with Crippen LogP contribution in [0.1, 0.15) is 20.8 Å². The van der Waals surface area contributed by atoms with Crippen molar-refractivity contribution in [3.63, 3.8) is 0 Å². The zero-order valence-electron chi connectivity index (χ0n) is 6.26. The van der Waals surface area contributed by atoms with E-state index in [9.17, 15) is 0 Å². The molecular formula is C8H13N. The molecule has 1 heteroatoms. The van der Waals surface area contributed by atoms with Gasteiger partial charge in [0, 0.05) is 11.9 Å². The number of aliphatic imine (C=N–C) groups is 1. The van der Waals surface area contributed by atoms with E-state index in [4.69, 9.17) is 0 Å². The van der Waals surface area contributed by atoms with Gasteiger partial charge in [-0.05, 0) is 26.8 Å². The molecule has 1 nitrogen and oxygen atoms in total. The summed E-state index contributed by atoms with van der Waals surface area (Å²) in [6.45, 7) is 5.92. The van der Waals surface area contributed by atoms with E-state index < -0.39 is 0 Å². The molecule has 0 unspecified atom stereocenters. The summed E-state index contributed by atoms with van der Waals surface area (Å²) in [6, 6.07) is 0. The first-order valence-electron chi connectivity index (χ1n) is 3.09. The molecule has 0 heterocycles. The molecule has 0 N–H and O–H groups in total. The fourth-order valence-electron chi connectivity index (χ4n) is 0.321. The van der Waals surface area contributed by atoms with E-state index in [-0.39, 0.29) is 0 Å². The third kappa shape index (κ3) is 5.01. The summed E-state index contributed by atoms with van der Waals surface area (Å²) in [7, 11) is 0. The van der Waals surface area contributed by atoms with Crippen LogP contribution in [0.4, 0.5) is 0 Å². The smallest absolute Gasteiger partial charge is 0.0330 e. The van der Waals surface area contributed by atoms with E-state index in [0.717, 1.165) is 5.70 Å². The third-order valence-electron chi connectivity index (χ3n) is 0.974. The minimum atomic E-state index is 1.05. The molecule has 0 bridgehead atoms. The largest absolute Gasteiger partial charge is 0.262 e. The molecule has 0 aliphatic carbocycles. The summed E-state index contributed by atoms with van der Waals surface area (Å²) in [4.78, 5) is 4.08. The third-order valence-corrected chi connectivity index (χ3v) is 0.974. The molecule has 0 fully saturated rings. The first-order valence-corrected chi connectivity index (χ1v) is 3.09. The molecular weight excluding hydrogens is 110 g/mol. The van der Waals surface area contributed by atoms with Crippen molar-refractivity contribution >= 4 is 6.21 Å². The van der Waals surface area contributed by atoms with Gasteiger partial charge < -0.3 is 0 Å². The van der Waals surface area contributed by atoms with Crippen molar-refractivity contribution in [2.75, 3.05) is 0 Å². The Hall–Kier alpha value is -0.850. The summed E-state index contributed by atoms with van der Waals surface area (Å²) in [5.74, 6) is 0. The van der Waals surface area contributed by atoms with Crippen LogP contribution >= 0.6 is 0 Å². The number of allylic oxidation sites excluding steroid dienone is 4. The van der Waals surface area contributed by atoms with Crippen LogP contribution in [-0.2, 0) is 0 Å². The number of rotatable bonds is 2. The van der Waals surface area contributed by atoms with Gasteiger partial charge in [-0.25, -0.2) is 0 Å². The maximum Gasteiger partial charge on any atom is 0.0330 e. The van der Waals surface area contributed by atoms with E-state index in [1.54, 1.807) is 6.21 Å². The van der Waals surface area contributed by atoms with E-state index in [1.807, 2.05) is 39.0 Å². The van der Waals surface area contributed by atoms with Crippen molar-refractivity contribution in [2.45, 2.75) is 20.8 Å². The summed E-state index contributed by atoms with van der Waals surface area (Å²) in [5, 5.41) is 0. The van der Waals surface area contributed by atoms with Crippen LogP contribution in [0.15, 0.2) is 28.9 Å². The van der Waals surface area contributed by atoms with Crippen molar-refractivity contribution in [3.05, 3.63) is 23.9 Å². The van der Waals surface area contributed by atoms with Crippen LogP contribution in [0.2, 0.25) is 0 Å². The van der Waals surface area contributed by atoms with E-state index in [1.165, 1.54) is 0 Å². The molecule has 0 amide bonds. The molecule has 0 aromatic heterocycles. The molecule has 0 aliphatic rings.